The fourth-order valence-electron chi connectivity index (χ4n) is 2.23. The Hall–Kier alpha value is -1.65. The molecule has 104 valence electrons. The number of hydrogen-bond acceptors (Lipinski definition) is 4. The number of rotatable bonds is 6. The van der Waals surface area contributed by atoms with Gasteiger partial charge in [0.2, 0.25) is 0 Å². The van der Waals surface area contributed by atoms with E-state index in [0.29, 0.717) is 12.2 Å². The van der Waals surface area contributed by atoms with Crippen molar-refractivity contribution in [1.29, 1.82) is 0 Å². The summed E-state index contributed by atoms with van der Waals surface area (Å²) in [5.74, 6) is 0.747. The van der Waals surface area contributed by atoms with Crippen molar-refractivity contribution < 1.29 is 4.79 Å². The second-order valence-corrected chi connectivity index (χ2v) is 4.93. The van der Waals surface area contributed by atoms with E-state index in [0.717, 1.165) is 38.2 Å². The molecule has 1 N–H and O–H groups in total. The van der Waals surface area contributed by atoms with Crippen LogP contribution in [-0.2, 0) is 0 Å². The van der Waals surface area contributed by atoms with E-state index in [4.69, 9.17) is 0 Å². The van der Waals surface area contributed by atoms with E-state index in [2.05, 4.69) is 27.3 Å². The molecule has 1 aromatic rings. The van der Waals surface area contributed by atoms with E-state index in [-0.39, 0.29) is 5.91 Å². The van der Waals surface area contributed by atoms with Gasteiger partial charge in [0.15, 0.2) is 11.5 Å². The molecule has 1 aliphatic rings. The molecule has 1 aliphatic heterocycles. The van der Waals surface area contributed by atoms with Crippen molar-refractivity contribution >= 4 is 11.7 Å². The summed E-state index contributed by atoms with van der Waals surface area (Å²) in [7, 11) is 0. The van der Waals surface area contributed by atoms with Gasteiger partial charge in [-0.15, -0.1) is 10.2 Å². The molecule has 19 heavy (non-hydrogen) atoms. The van der Waals surface area contributed by atoms with Crippen LogP contribution < -0.4 is 10.2 Å². The third-order valence-electron chi connectivity index (χ3n) is 3.38. The highest BCUT2D eigenvalue weighted by atomic mass is 16.1. The van der Waals surface area contributed by atoms with Gasteiger partial charge in [-0.3, -0.25) is 4.79 Å². The predicted molar refractivity (Wildman–Crippen MR) is 75.3 cm³/mol. The van der Waals surface area contributed by atoms with E-state index in [9.17, 15) is 4.79 Å². The van der Waals surface area contributed by atoms with E-state index in [1.54, 1.807) is 6.07 Å². The Kier molecular flexibility index (Phi) is 5.12. The van der Waals surface area contributed by atoms with Crippen molar-refractivity contribution in [2.75, 3.05) is 24.5 Å². The van der Waals surface area contributed by atoms with Gasteiger partial charge in [0.25, 0.3) is 5.91 Å². The molecular weight excluding hydrogens is 240 g/mol. The zero-order valence-electron chi connectivity index (χ0n) is 11.6. The minimum Gasteiger partial charge on any atom is -0.355 e. The Bertz CT molecular complexity index is 398. The summed E-state index contributed by atoms with van der Waals surface area (Å²) in [6.07, 6.45) is 5.73. The van der Waals surface area contributed by atoms with Crippen molar-refractivity contribution in [3.63, 3.8) is 0 Å². The van der Waals surface area contributed by atoms with Crippen LogP contribution in [0.3, 0.4) is 0 Å². The summed E-state index contributed by atoms with van der Waals surface area (Å²) in [6, 6.07) is 3.65. The predicted octanol–water partition coefficient (Wildman–Crippen LogP) is 2.00. The molecule has 0 aliphatic carbocycles. The van der Waals surface area contributed by atoms with Gasteiger partial charge in [-0.05, 0) is 31.4 Å². The largest absolute Gasteiger partial charge is 0.355 e. The van der Waals surface area contributed by atoms with Gasteiger partial charge >= 0.3 is 0 Å². The first-order chi connectivity index (χ1) is 9.31. The van der Waals surface area contributed by atoms with Crippen LogP contribution in [0.15, 0.2) is 12.1 Å². The highest BCUT2D eigenvalue weighted by molar-refractivity contribution is 5.92. The molecule has 0 spiro atoms. The van der Waals surface area contributed by atoms with Crippen LogP contribution in [0.25, 0.3) is 0 Å². The lowest BCUT2D eigenvalue weighted by molar-refractivity contribution is 0.0947. The highest BCUT2D eigenvalue weighted by Gasteiger charge is 2.15. The van der Waals surface area contributed by atoms with Crippen LogP contribution in [0.5, 0.6) is 0 Å². The normalized spacial score (nSPS) is 14.7. The number of hydrogen-bond donors (Lipinski definition) is 1. The molecule has 1 amide bonds. The fourth-order valence-corrected chi connectivity index (χ4v) is 2.23. The molecule has 0 atom stereocenters. The molecule has 0 bridgehead atoms. The van der Waals surface area contributed by atoms with Crippen LogP contribution in [0.4, 0.5) is 5.82 Å². The standard InChI is InChI=1S/C14H22N4O/c1-2-3-4-9-15-14(19)12-7-8-13(17-16-12)18-10-5-6-11-18/h7-8H,2-6,9-11H2,1H3,(H,15,19). The van der Waals surface area contributed by atoms with E-state index in [1.807, 2.05) is 6.07 Å². The summed E-state index contributed by atoms with van der Waals surface area (Å²) in [5.41, 5.74) is 0.402. The molecule has 0 aromatic carbocycles. The monoisotopic (exact) mass is 262 g/mol. The SMILES string of the molecule is CCCCCNC(=O)c1ccc(N2CCCC2)nn1. The van der Waals surface area contributed by atoms with Crippen LogP contribution in [0.2, 0.25) is 0 Å². The zero-order chi connectivity index (χ0) is 13.5. The molecule has 1 saturated heterocycles. The summed E-state index contributed by atoms with van der Waals surface area (Å²) in [4.78, 5) is 14.0. The maximum atomic E-state index is 11.8. The summed E-state index contributed by atoms with van der Waals surface area (Å²) >= 11 is 0. The Morgan fingerprint density at radius 2 is 2.05 bits per heavy atom. The van der Waals surface area contributed by atoms with Crippen molar-refractivity contribution in [3.05, 3.63) is 17.8 Å². The van der Waals surface area contributed by atoms with Crippen molar-refractivity contribution in [1.82, 2.24) is 15.5 Å². The minimum absolute atomic E-state index is 0.128. The van der Waals surface area contributed by atoms with Gasteiger partial charge in [0.1, 0.15) is 0 Å². The lowest BCUT2D eigenvalue weighted by Gasteiger charge is -2.15. The summed E-state index contributed by atoms with van der Waals surface area (Å²) in [5, 5.41) is 11.0. The molecule has 0 unspecified atom stereocenters. The first kappa shape index (κ1) is 13.8. The quantitative estimate of drug-likeness (QED) is 0.797. The molecule has 5 heteroatoms. The van der Waals surface area contributed by atoms with Gasteiger partial charge < -0.3 is 10.2 Å². The molecular formula is C14H22N4O. The van der Waals surface area contributed by atoms with Gasteiger partial charge in [0, 0.05) is 19.6 Å². The van der Waals surface area contributed by atoms with Crippen LogP contribution in [0.1, 0.15) is 49.5 Å². The van der Waals surface area contributed by atoms with Gasteiger partial charge in [0.05, 0.1) is 0 Å². The topological polar surface area (TPSA) is 58.1 Å². The van der Waals surface area contributed by atoms with Gasteiger partial charge in [-0.25, -0.2) is 0 Å². The van der Waals surface area contributed by atoms with Gasteiger partial charge in [-0.1, -0.05) is 19.8 Å². The molecule has 1 fully saturated rings. The molecule has 0 radical (unpaired) electrons. The van der Waals surface area contributed by atoms with Crippen LogP contribution in [0, 0.1) is 0 Å². The first-order valence-electron chi connectivity index (χ1n) is 7.18. The fraction of sp³-hybridized carbons (Fsp3) is 0.643. The third-order valence-corrected chi connectivity index (χ3v) is 3.38. The van der Waals surface area contributed by atoms with E-state index in [1.165, 1.54) is 12.8 Å². The van der Waals surface area contributed by atoms with Crippen molar-refractivity contribution in [2.24, 2.45) is 0 Å². The molecule has 1 aromatic heterocycles. The Labute approximate surface area is 114 Å². The number of aromatic nitrogens is 2. The lowest BCUT2D eigenvalue weighted by atomic mass is 10.2. The zero-order valence-corrected chi connectivity index (χ0v) is 11.6. The van der Waals surface area contributed by atoms with E-state index >= 15 is 0 Å². The maximum Gasteiger partial charge on any atom is 0.271 e. The highest BCUT2D eigenvalue weighted by Crippen LogP contribution is 2.16. The second-order valence-electron chi connectivity index (χ2n) is 4.93. The number of unbranched alkanes of at least 4 members (excludes halogenated alkanes) is 2. The maximum absolute atomic E-state index is 11.8. The second kappa shape index (κ2) is 7.07. The first-order valence-corrected chi connectivity index (χ1v) is 7.18. The molecule has 2 heterocycles. The number of carbonyl (C=O) groups is 1. The number of carbonyl (C=O) groups excluding carboxylic acids is 1. The Balaban J connectivity index is 1.85. The smallest absolute Gasteiger partial charge is 0.271 e. The number of nitrogens with zero attached hydrogens (tertiary/aromatic N) is 3. The molecule has 5 nitrogen and oxygen atoms in total. The van der Waals surface area contributed by atoms with Crippen LogP contribution in [-0.4, -0.2) is 35.7 Å². The number of nitrogens with one attached hydrogen (secondary N) is 1. The van der Waals surface area contributed by atoms with Gasteiger partial charge in [-0.2, -0.15) is 0 Å². The summed E-state index contributed by atoms with van der Waals surface area (Å²) in [6.45, 7) is 4.93. The Morgan fingerprint density at radius 3 is 2.68 bits per heavy atom. The number of amides is 1. The van der Waals surface area contributed by atoms with Crippen molar-refractivity contribution in [2.45, 2.75) is 39.0 Å². The molecule has 2 rings (SSSR count). The number of anilines is 1. The summed E-state index contributed by atoms with van der Waals surface area (Å²) < 4.78 is 0. The average Bonchev–Trinajstić information content (AvgIpc) is 2.98. The minimum atomic E-state index is -0.128. The van der Waals surface area contributed by atoms with E-state index < -0.39 is 0 Å². The van der Waals surface area contributed by atoms with Crippen molar-refractivity contribution in [3.8, 4) is 0 Å². The Morgan fingerprint density at radius 1 is 1.26 bits per heavy atom. The third kappa shape index (κ3) is 3.91. The average molecular weight is 262 g/mol. The lowest BCUT2D eigenvalue weighted by Crippen LogP contribution is -2.26. The molecule has 0 saturated carbocycles. The van der Waals surface area contributed by atoms with Crippen LogP contribution >= 0.6 is 0 Å².